The van der Waals surface area contributed by atoms with Gasteiger partial charge in [-0.05, 0) is 75.8 Å². The van der Waals surface area contributed by atoms with Crippen LogP contribution in [0, 0.1) is 6.92 Å². The summed E-state index contributed by atoms with van der Waals surface area (Å²) in [6, 6.07) is 41.4. The minimum Gasteiger partial charge on any atom is -0.261 e. The molecule has 0 bridgehead atoms. The van der Waals surface area contributed by atoms with Gasteiger partial charge in [-0.1, -0.05) is 116 Å². The molecule has 7 rings (SSSR count). The fourth-order valence-electron chi connectivity index (χ4n) is 5.71. The molecule has 4 heteroatoms. The lowest BCUT2D eigenvalue weighted by atomic mass is 9.89. The predicted molar refractivity (Wildman–Crippen MR) is 187 cm³/mol. The highest BCUT2D eigenvalue weighted by Gasteiger charge is 2.17. The summed E-state index contributed by atoms with van der Waals surface area (Å²) >= 11 is 0. The number of fused-ring (bicyclic) bond motifs is 1. The molecule has 0 saturated heterocycles. The second kappa shape index (κ2) is 11.9. The molecule has 0 N–H and O–H groups in total. The molecule has 214 valence electrons. The Balaban J connectivity index is 1.52. The van der Waals surface area contributed by atoms with Crippen LogP contribution in [0.1, 0.15) is 16.8 Å². The largest absolute Gasteiger partial charge is 0.261 e. The Labute approximate surface area is 263 Å². The fourth-order valence-corrected chi connectivity index (χ4v) is 5.71. The number of benzene rings is 5. The van der Waals surface area contributed by atoms with E-state index >= 15 is 0 Å². The van der Waals surface area contributed by atoms with Crippen LogP contribution in [0.3, 0.4) is 0 Å². The molecule has 7 aromatic rings. The van der Waals surface area contributed by atoms with E-state index in [2.05, 4.69) is 72.7 Å². The van der Waals surface area contributed by atoms with Gasteiger partial charge >= 0.3 is 0 Å². The van der Waals surface area contributed by atoms with Crippen molar-refractivity contribution in [3.63, 3.8) is 0 Å². The third kappa shape index (κ3) is 5.46. The second-order valence-electron chi connectivity index (χ2n) is 10.9. The molecule has 2 aromatic heterocycles. The lowest BCUT2D eigenvalue weighted by Crippen LogP contribution is -2.00. The first-order valence-corrected chi connectivity index (χ1v) is 14.9. The van der Waals surface area contributed by atoms with E-state index in [0.29, 0.717) is 17.5 Å². The molecule has 0 amide bonds. The molecule has 0 aliphatic rings. The molecule has 0 aliphatic carbocycles. The molecular formula is C41H30N4. The van der Waals surface area contributed by atoms with Crippen LogP contribution in [-0.2, 0) is 0 Å². The fraction of sp³-hybridized carbons (Fsp3) is 0.0244. The van der Waals surface area contributed by atoms with Gasteiger partial charge in [0.2, 0.25) is 0 Å². The first-order chi connectivity index (χ1) is 22.1. The third-order valence-electron chi connectivity index (χ3n) is 7.99. The van der Waals surface area contributed by atoms with Crippen molar-refractivity contribution in [1.82, 2.24) is 19.9 Å². The van der Waals surface area contributed by atoms with Crippen molar-refractivity contribution >= 4 is 22.9 Å². The Morgan fingerprint density at radius 1 is 0.489 bits per heavy atom. The van der Waals surface area contributed by atoms with Crippen molar-refractivity contribution in [2.24, 2.45) is 0 Å². The Morgan fingerprint density at radius 3 is 1.62 bits per heavy atom. The molecule has 0 unspecified atom stereocenters. The van der Waals surface area contributed by atoms with Gasteiger partial charge in [-0.15, -0.1) is 0 Å². The number of nitrogens with zero attached hydrogens (tertiary/aromatic N) is 4. The summed E-state index contributed by atoms with van der Waals surface area (Å²) in [4.78, 5) is 19.6. The van der Waals surface area contributed by atoms with Crippen molar-refractivity contribution in [2.45, 2.75) is 6.92 Å². The van der Waals surface area contributed by atoms with Crippen LogP contribution in [0.4, 0.5) is 0 Å². The minimum atomic E-state index is 0.599. The Morgan fingerprint density at radius 2 is 1.04 bits per heavy atom. The average molecular weight is 579 g/mol. The van der Waals surface area contributed by atoms with Crippen molar-refractivity contribution in [1.29, 1.82) is 0 Å². The maximum absolute atomic E-state index is 5.04. The smallest absolute Gasteiger partial charge is 0.164 e. The van der Waals surface area contributed by atoms with E-state index in [4.69, 9.17) is 15.0 Å². The number of pyridine rings is 1. The summed E-state index contributed by atoms with van der Waals surface area (Å²) in [6.07, 6.45) is 5.72. The summed E-state index contributed by atoms with van der Waals surface area (Å²) in [5.74, 6) is 1.85. The molecule has 45 heavy (non-hydrogen) atoms. The van der Waals surface area contributed by atoms with Crippen LogP contribution < -0.4 is 0 Å². The summed E-state index contributed by atoms with van der Waals surface area (Å²) < 4.78 is 0. The summed E-state index contributed by atoms with van der Waals surface area (Å²) in [7, 11) is 0. The number of hydrogen-bond acceptors (Lipinski definition) is 4. The Bertz CT molecular complexity index is 2130. The van der Waals surface area contributed by atoms with Crippen LogP contribution in [0.15, 0.2) is 141 Å². The van der Waals surface area contributed by atoms with Crippen molar-refractivity contribution in [2.75, 3.05) is 0 Å². The average Bonchev–Trinajstić information content (AvgIpc) is 3.11. The molecule has 0 atom stereocenters. The molecule has 4 nitrogen and oxygen atoms in total. The van der Waals surface area contributed by atoms with E-state index in [1.165, 1.54) is 0 Å². The molecule has 0 aliphatic heterocycles. The van der Waals surface area contributed by atoms with Gasteiger partial charge in [0.1, 0.15) is 0 Å². The van der Waals surface area contributed by atoms with Gasteiger partial charge in [0.15, 0.2) is 17.5 Å². The lowest BCUT2D eigenvalue weighted by molar-refractivity contribution is 1.07. The van der Waals surface area contributed by atoms with Gasteiger partial charge in [0.05, 0.1) is 0 Å². The van der Waals surface area contributed by atoms with Crippen LogP contribution in [0.25, 0.3) is 79.3 Å². The van der Waals surface area contributed by atoms with Gasteiger partial charge in [-0.2, -0.15) is 0 Å². The summed E-state index contributed by atoms with van der Waals surface area (Å²) in [6.45, 7) is 10.2. The van der Waals surface area contributed by atoms with E-state index in [9.17, 15) is 0 Å². The lowest BCUT2D eigenvalue weighted by Gasteiger charge is -2.16. The molecule has 0 fully saturated rings. The van der Waals surface area contributed by atoms with Gasteiger partial charge in [-0.25, -0.2) is 15.0 Å². The molecular weight excluding hydrogens is 548 g/mol. The topological polar surface area (TPSA) is 51.6 Å². The zero-order chi connectivity index (χ0) is 30.8. The Hall–Kier alpha value is -6.00. The number of hydrogen-bond donors (Lipinski definition) is 0. The first kappa shape index (κ1) is 27.8. The van der Waals surface area contributed by atoms with Crippen LogP contribution in [0.2, 0.25) is 0 Å². The summed E-state index contributed by atoms with van der Waals surface area (Å²) in [5.41, 5.74) is 9.98. The van der Waals surface area contributed by atoms with Crippen LogP contribution in [0.5, 0.6) is 0 Å². The molecule has 5 aromatic carbocycles. The monoisotopic (exact) mass is 578 g/mol. The molecule has 0 saturated carbocycles. The third-order valence-corrected chi connectivity index (χ3v) is 7.99. The zero-order valence-corrected chi connectivity index (χ0v) is 25.0. The van der Waals surface area contributed by atoms with E-state index in [-0.39, 0.29) is 0 Å². The number of rotatable bonds is 7. The Kier molecular flexibility index (Phi) is 7.38. The van der Waals surface area contributed by atoms with Crippen molar-refractivity contribution in [3.05, 3.63) is 158 Å². The zero-order valence-electron chi connectivity index (χ0n) is 25.0. The maximum atomic E-state index is 5.04. The van der Waals surface area contributed by atoms with Crippen LogP contribution >= 0.6 is 0 Å². The van der Waals surface area contributed by atoms with E-state index < -0.39 is 0 Å². The second-order valence-corrected chi connectivity index (χ2v) is 10.9. The maximum Gasteiger partial charge on any atom is 0.164 e. The normalized spacial score (nSPS) is 11.0. The number of aromatic nitrogens is 4. The van der Waals surface area contributed by atoms with Gasteiger partial charge < -0.3 is 0 Å². The number of aryl methyl sites for hydroxylation is 1. The van der Waals surface area contributed by atoms with E-state index in [1.54, 1.807) is 0 Å². The molecule has 0 radical (unpaired) electrons. The highest BCUT2D eigenvalue weighted by atomic mass is 15.0. The predicted octanol–water partition coefficient (Wildman–Crippen LogP) is 10.3. The SMILES string of the molecule is C=Cc1cc(-c2cc(-c3ccc(C)nc3)cc(-c3nc(-c4ccccc4)nc(-c4ccccc4)n3)c2)c2ccccc2c1C=C. The quantitative estimate of drug-likeness (QED) is 0.189. The van der Waals surface area contributed by atoms with Crippen molar-refractivity contribution in [3.8, 4) is 56.4 Å². The van der Waals surface area contributed by atoms with E-state index in [1.807, 2.05) is 92.0 Å². The molecule has 2 heterocycles. The standard InChI is InChI=1S/C41H30N4/c1-4-28-25-38(37-19-13-12-18-36(37)35(28)5-2)33-22-32(31-21-20-27(3)42-26-31)23-34(24-33)41-44-39(29-14-8-6-9-15-29)43-40(45-41)30-16-10-7-11-17-30/h4-26H,1-2H2,3H3. The van der Waals surface area contributed by atoms with Gasteiger partial charge in [0, 0.05) is 34.1 Å². The molecule has 0 spiro atoms. The first-order valence-electron chi connectivity index (χ1n) is 14.9. The van der Waals surface area contributed by atoms with E-state index in [0.717, 1.165) is 66.5 Å². The van der Waals surface area contributed by atoms with Gasteiger partial charge in [-0.3, -0.25) is 4.98 Å². The highest BCUT2D eigenvalue weighted by Crippen LogP contribution is 2.38. The summed E-state index contributed by atoms with van der Waals surface area (Å²) in [5, 5.41) is 2.26. The minimum absolute atomic E-state index is 0.599. The van der Waals surface area contributed by atoms with Crippen LogP contribution in [-0.4, -0.2) is 19.9 Å². The highest BCUT2D eigenvalue weighted by molar-refractivity contribution is 6.04. The van der Waals surface area contributed by atoms with Gasteiger partial charge in [0.25, 0.3) is 0 Å². The van der Waals surface area contributed by atoms with Crippen molar-refractivity contribution < 1.29 is 0 Å².